The SMILES string of the molecule is C[C@@H](NCCc1ccccn1)C(=O)O. The number of aliphatic carboxylic acids is 1. The molecule has 2 N–H and O–H groups in total. The fourth-order valence-corrected chi connectivity index (χ4v) is 1.05. The minimum Gasteiger partial charge on any atom is -0.480 e. The van der Waals surface area contributed by atoms with Crippen LogP contribution in [-0.4, -0.2) is 28.6 Å². The maximum atomic E-state index is 10.5. The maximum Gasteiger partial charge on any atom is 0.320 e. The molecule has 0 bridgehead atoms. The number of nitrogens with one attached hydrogen (secondary N) is 1. The average molecular weight is 194 g/mol. The molecule has 0 aliphatic carbocycles. The first-order chi connectivity index (χ1) is 6.70. The van der Waals surface area contributed by atoms with Crippen molar-refractivity contribution in [3.63, 3.8) is 0 Å². The van der Waals surface area contributed by atoms with Crippen LogP contribution in [0.25, 0.3) is 0 Å². The minimum absolute atomic E-state index is 0.501. The molecule has 0 saturated heterocycles. The number of hydrogen-bond acceptors (Lipinski definition) is 3. The molecule has 1 atom stereocenters. The molecule has 76 valence electrons. The molecule has 0 amide bonds. The summed E-state index contributed by atoms with van der Waals surface area (Å²) in [6.07, 6.45) is 2.48. The van der Waals surface area contributed by atoms with Crippen LogP contribution < -0.4 is 5.32 Å². The Hall–Kier alpha value is -1.42. The van der Waals surface area contributed by atoms with Gasteiger partial charge < -0.3 is 10.4 Å². The molecule has 0 spiro atoms. The number of carboxylic acid groups (broad SMARTS) is 1. The van der Waals surface area contributed by atoms with Gasteiger partial charge >= 0.3 is 5.97 Å². The second-order valence-corrected chi connectivity index (χ2v) is 3.09. The maximum absolute atomic E-state index is 10.5. The van der Waals surface area contributed by atoms with Crippen LogP contribution in [0, 0.1) is 0 Å². The van der Waals surface area contributed by atoms with Crippen LogP contribution in [0.1, 0.15) is 12.6 Å². The summed E-state index contributed by atoms with van der Waals surface area (Å²) in [5, 5.41) is 11.5. The van der Waals surface area contributed by atoms with E-state index in [1.165, 1.54) is 0 Å². The van der Waals surface area contributed by atoms with Gasteiger partial charge in [0.1, 0.15) is 6.04 Å². The van der Waals surface area contributed by atoms with Gasteiger partial charge in [0.15, 0.2) is 0 Å². The number of hydrogen-bond donors (Lipinski definition) is 2. The molecule has 0 unspecified atom stereocenters. The lowest BCUT2D eigenvalue weighted by Gasteiger charge is -2.07. The third kappa shape index (κ3) is 3.53. The number of carbonyl (C=O) groups is 1. The first-order valence-corrected chi connectivity index (χ1v) is 4.56. The van der Waals surface area contributed by atoms with Crippen LogP contribution in [0.2, 0.25) is 0 Å². The van der Waals surface area contributed by atoms with Gasteiger partial charge in [-0.05, 0) is 19.1 Å². The van der Waals surface area contributed by atoms with Gasteiger partial charge in [-0.25, -0.2) is 0 Å². The van der Waals surface area contributed by atoms with E-state index in [-0.39, 0.29) is 0 Å². The Morgan fingerprint density at radius 2 is 2.43 bits per heavy atom. The second kappa shape index (κ2) is 5.34. The number of aromatic nitrogens is 1. The largest absolute Gasteiger partial charge is 0.480 e. The quantitative estimate of drug-likeness (QED) is 0.723. The highest BCUT2D eigenvalue weighted by molar-refractivity contribution is 5.72. The molecule has 4 nitrogen and oxygen atoms in total. The normalized spacial score (nSPS) is 12.4. The van der Waals surface area contributed by atoms with Crippen molar-refractivity contribution >= 4 is 5.97 Å². The topological polar surface area (TPSA) is 62.2 Å². The van der Waals surface area contributed by atoms with Gasteiger partial charge in [0.2, 0.25) is 0 Å². The summed E-state index contributed by atoms with van der Waals surface area (Å²) in [5.74, 6) is -0.828. The summed E-state index contributed by atoms with van der Waals surface area (Å²) in [4.78, 5) is 14.6. The Kier molecular flexibility index (Phi) is 4.07. The van der Waals surface area contributed by atoms with E-state index in [0.29, 0.717) is 6.54 Å². The zero-order valence-corrected chi connectivity index (χ0v) is 8.10. The van der Waals surface area contributed by atoms with Gasteiger partial charge in [0.05, 0.1) is 0 Å². The molecule has 0 fully saturated rings. The third-order valence-corrected chi connectivity index (χ3v) is 1.93. The highest BCUT2D eigenvalue weighted by atomic mass is 16.4. The van der Waals surface area contributed by atoms with Crippen molar-refractivity contribution in [1.82, 2.24) is 10.3 Å². The molecular weight excluding hydrogens is 180 g/mol. The predicted molar refractivity (Wildman–Crippen MR) is 53.0 cm³/mol. The summed E-state index contributed by atoms with van der Waals surface area (Å²) in [7, 11) is 0. The Labute approximate surface area is 83.0 Å². The van der Waals surface area contributed by atoms with Crippen molar-refractivity contribution in [2.24, 2.45) is 0 Å². The summed E-state index contributed by atoms with van der Waals surface area (Å²) in [6.45, 7) is 2.26. The van der Waals surface area contributed by atoms with E-state index in [1.807, 2.05) is 18.2 Å². The van der Waals surface area contributed by atoms with E-state index in [1.54, 1.807) is 13.1 Å². The lowest BCUT2D eigenvalue weighted by molar-refractivity contribution is -0.138. The van der Waals surface area contributed by atoms with E-state index < -0.39 is 12.0 Å². The fraction of sp³-hybridized carbons (Fsp3) is 0.400. The molecule has 1 rings (SSSR count). The Balaban J connectivity index is 2.26. The van der Waals surface area contributed by atoms with E-state index in [9.17, 15) is 4.79 Å². The van der Waals surface area contributed by atoms with Crippen molar-refractivity contribution in [2.45, 2.75) is 19.4 Å². The van der Waals surface area contributed by atoms with Gasteiger partial charge in [-0.2, -0.15) is 0 Å². The number of carboxylic acids is 1. The molecule has 0 radical (unpaired) electrons. The number of pyridine rings is 1. The van der Waals surface area contributed by atoms with Crippen LogP contribution in [0.4, 0.5) is 0 Å². The van der Waals surface area contributed by atoms with E-state index >= 15 is 0 Å². The molecule has 4 heteroatoms. The molecule has 0 aliphatic heterocycles. The van der Waals surface area contributed by atoms with Gasteiger partial charge in [-0.3, -0.25) is 9.78 Å². The molecule has 0 aromatic carbocycles. The molecule has 1 aromatic rings. The van der Waals surface area contributed by atoms with Gasteiger partial charge in [-0.15, -0.1) is 0 Å². The number of nitrogens with zero attached hydrogens (tertiary/aromatic N) is 1. The molecule has 1 heterocycles. The Morgan fingerprint density at radius 1 is 1.64 bits per heavy atom. The zero-order chi connectivity index (χ0) is 10.4. The van der Waals surface area contributed by atoms with Crippen molar-refractivity contribution in [3.05, 3.63) is 30.1 Å². The van der Waals surface area contributed by atoms with Crippen molar-refractivity contribution in [1.29, 1.82) is 0 Å². The summed E-state index contributed by atoms with van der Waals surface area (Å²) in [5.41, 5.74) is 0.970. The van der Waals surface area contributed by atoms with Crippen LogP contribution in [0.5, 0.6) is 0 Å². The summed E-state index contributed by atoms with van der Waals surface area (Å²) < 4.78 is 0. The van der Waals surface area contributed by atoms with Crippen molar-refractivity contribution in [2.75, 3.05) is 6.54 Å². The molecule has 1 aromatic heterocycles. The smallest absolute Gasteiger partial charge is 0.320 e. The van der Waals surface area contributed by atoms with Crippen LogP contribution in [0.3, 0.4) is 0 Å². The van der Waals surface area contributed by atoms with Crippen molar-refractivity contribution in [3.8, 4) is 0 Å². The Bertz CT molecular complexity index is 287. The first kappa shape index (κ1) is 10.7. The second-order valence-electron chi connectivity index (χ2n) is 3.09. The van der Waals surface area contributed by atoms with Crippen LogP contribution >= 0.6 is 0 Å². The standard InChI is InChI=1S/C10H14N2O2/c1-8(10(13)14)11-7-5-9-4-2-3-6-12-9/h2-4,6,8,11H,5,7H2,1H3,(H,13,14)/t8-/m1/s1. The molecular formula is C10H14N2O2. The summed E-state index contributed by atoms with van der Waals surface area (Å²) >= 11 is 0. The molecule has 0 aliphatic rings. The zero-order valence-electron chi connectivity index (χ0n) is 8.10. The molecule has 0 saturated carbocycles. The first-order valence-electron chi connectivity index (χ1n) is 4.56. The fourth-order valence-electron chi connectivity index (χ4n) is 1.05. The van der Waals surface area contributed by atoms with Gasteiger partial charge in [0, 0.05) is 24.9 Å². The highest BCUT2D eigenvalue weighted by Gasteiger charge is 2.08. The molecule has 14 heavy (non-hydrogen) atoms. The van der Waals surface area contributed by atoms with Crippen LogP contribution in [-0.2, 0) is 11.2 Å². The summed E-state index contributed by atoms with van der Waals surface area (Å²) in [6, 6.07) is 5.20. The van der Waals surface area contributed by atoms with Gasteiger partial charge in [0.25, 0.3) is 0 Å². The van der Waals surface area contributed by atoms with Crippen molar-refractivity contribution < 1.29 is 9.90 Å². The Morgan fingerprint density at radius 3 is 3.00 bits per heavy atom. The van der Waals surface area contributed by atoms with E-state index in [0.717, 1.165) is 12.1 Å². The predicted octanol–water partition coefficient (Wildman–Crippen LogP) is 0.687. The van der Waals surface area contributed by atoms with E-state index in [2.05, 4.69) is 10.3 Å². The highest BCUT2D eigenvalue weighted by Crippen LogP contribution is 1.93. The lowest BCUT2D eigenvalue weighted by Crippen LogP contribution is -2.35. The lowest BCUT2D eigenvalue weighted by atomic mass is 10.2. The van der Waals surface area contributed by atoms with E-state index in [4.69, 9.17) is 5.11 Å². The number of rotatable bonds is 5. The average Bonchev–Trinajstić information content (AvgIpc) is 2.19. The van der Waals surface area contributed by atoms with Gasteiger partial charge in [-0.1, -0.05) is 6.07 Å². The monoisotopic (exact) mass is 194 g/mol. The minimum atomic E-state index is -0.828. The third-order valence-electron chi connectivity index (χ3n) is 1.93. The van der Waals surface area contributed by atoms with Crippen LogP contribution in [0.15, 0.2) is 24.4 Å².